The number of nitrogens with zero attached hydrogens (tertiary/aromatic N) is 2. The Kier molecular flexibility index (Phi) is 3.33. The Labute approximate surface area is 117 Å². The van der Waals surface area contributed by atoms with Crippen molar-refractivity contribution in [1.82, 2.24) is 10.2 Å². The Hall–Kier alpha value is -1.70. The van der Waals surface area contributed by atoms with Crippen molar-refractivity contribution in [3.8, 4) is 11.3 Å². The van der Waals surface area contributed by atoms with Crippen LogP contribution in [0.2, 0.25) is 0 Å². The van der Waals surface area contributed by atoms with Crippen molar-refractivity contribution >= 4 is 0 Å². The highest BCUT2D eigenvalue weighted by Crippen LogP contribution is 2.23. The molecule has 0 aliphatic carbocycles. The summed E-state index contributed by atoms with van der Waals surface area (Å²) in [5.41, 5.74) is 3.91. The van der Waals surface area contributed by atoms with Gasteiger partial charge in [0.25, 0.3) is 0 Å². The van der Waals surface area contributed by atoms with E-state index in [9.17, 15) is 0 Å². The molecular weight excluding hydrogens is 232 g/mol. The molecule has 1 aromatic carbocycles. The molecule has 0 radical (unpaired) electrons. The van der Waals surface area contributed by atoms with E-state index in [-0.39, 0.29) is 5.41 Å². The molecule has 0 fully saturated rings. The minimum atomic E-state index is -0.569. The molecule has 0 spiro atoms. The van der Waals surface area contributed by atoms with Gasteiger partial charge in [0, 0.05) is 12.3 Å². The molecule has 0 aliphatic heterocycles. The molecule has 0 aliphatic rings. The summed E-state index contributed by atoms with van der Waals surface area (Å²) < 4.78 is 8.02. The number of benzene rings is 1. The smallest absolute Gasteiger partial charge is 0.0929 e. The first kappa shape index (κ1) is 12.3. The molecule has 1 heterocycles. The van der Waals surface area contributed by atoms with E-state index in [2.05, 4.69) is 31.0 Å². The van der Waals surface area contributed by atoms with Gasteiger partial charge in [0.15, 0.2) is 0 Å². The first-order chi connectivity index (χ1) is 9.18. The topological polar surface area (TPSA) is 25.8 Å². The second-order valence-corrected chi connectivity index (χ2v) is 6.13. The third-order valence-electron chi connectivity index (χ3n) is 3.19. The van der Waals surface area contributed by atoms with E-state index in [1.165, 1.54) is 0 Å². The maximum atomic E-state index is 8.02. The minimum Gasteiger partial charge on any atom is -0.154 e. The van der Waals surface area contributed by atoms with Crippen molar-refractivity contribution < 1.29 is 1.37 Å². The lowest BCUT2D eigenvalue weighted by Crippen LogP contribution is -2.14. The molecule has 2 aromatic rings. The van der Waals surface area contributed by atoms with Crippen molar-refractivity contribution in [3.05, 3.63) is 47.7 Å². The summed E-state index contributed by atoms with van der Waals surface area (Å²) in [6.07, 6.45) is 0. The van der Waals surface area contributed by atoms with Crippen LogP contribution in [0.4, 0.5) is 0 Å². The Bertz CT molecular complexity index is 517. The predicted molar refractivity (Wildman–Crippen MR) is 80.3 cm³/mol. The second-order valence-electron chi connectivity index (χ2n) is 6.13. The fourth-order valence-electron chi connectivity index (χ4n) is 1.86. The van der Waals surface area contributed by atoms with Crippen LogP contribution < -0.4 is 0 Å². The van der Waals surface area contributed by atoms with E-state index >= 15 is 0 Å². The molecule has 19 heavy (non-hydrogen) atoms. The minimum absolute atomic E-state index is 0.0185. The van der Waals surface area contributed by atoms with Crippen LogP contribution in [-0.4, -0.2) is 10.2 Å². The molecule has 0 saturated carbocycles. The van der Waals surface area contributed by atoms with Gasteiger partial charge in [-0.05, 0) is 23.6 Å². The highest BCUT2D eigenvalue weighted by molar-refractivity contribution is 5.59. The average Bonchev–Trinajstić information content (AvgIpc) is 2.37. The van der Waals surface area contributed by atoms with Crippen LogP contribution in [0.1, 0.15) is 53.1 Å². The average molecular weight is 256 g/mol. The molecule has 2 nitrogen and oxygen atoms in total. The Balaban J connectivity index is 2.29. The Morgan fingerprint density at radius 1 is 0.947 bits per heavy atom. The van der Waals surface area contributed by atoms with E-state index in [0.29, 0.717) is 0 Å². The summed E-state index contributed by atoms with van der Waals surface area (Å²) in [4.78, 5) is 0. The number of aromatic nitrogens is 2. The van der Waals surface area contributed by atoms with Crippen LogP contribution in [0.5, 0.6) is 0 Å². The lowest BCUT2D eigenvalue weighted by atomic mass is 9.92. The molecular formula is C17H22N2. The van der Waals surface area contributed by atoms with Crippen LogP contribution in [-0.2, 0) is 5.41 Å². The van der Waals surface area contributed by atoms with Crippen molar-refractivity contribution in [3.63, 3.8) is 0 Å². The normalized spacial score (nSPS) is 13.2. The summed E-state index contributed by atoms with van der Waals surface area (Å²) in [6.45, 7) is 10.2. The fraction of sp³-hybridized carbons (Fsp3) is 0.412. The molecule has 0 atom stereocenters. The SMILES string of the molecule is [3H]C(C)(C)c1ccc(-c2ccc(C(C)(C)C)nn2)cc1. The summed E-state index contributed by atoms with van der Waals surface area (Å²) >= 11 is 0. The van der Waals surface area contributed by atoms with Crippen molar-refractivity contribution in [2.75, 3.05) is 0 Å². The summed E-state index contributed by atoms with van der Waals surface area (Å²) in [5, 5.41) is 8.62. The third-order valence-corrected chi connectivity index (χ3v) is 3.19. The van der Waals surface area contributed by atoms with E-state index in [1.54, 1.807) is 0 Å². The van der Waals surface area contributed by atoms with Crippen molar-refractivity contribution in [1.29, 1.82) is 0 Å². The van der Waals surface area contributed by atoms with Gasteiger partial charge in [0.2, 0.25) is 0 Å². The molecule has 0 amide bonds. The maximum absolute atomic E-state index is 8.02. The van der Waals surface area contributed by atoms with Gasteiger partial charge in [-0.25, -0.2) is 0 Å². The highest BCUT2D eigenvalue weighted by atomic mass is 15.1. The zero-order valence-corrected chi connectivity index (χ0v) is 12.4. The van der Waals surface area contributed by atoms with Crippen LogP contribution in [0, 0.1) is 0 Å². The standard InChI is InChI=1S/C17H22N2/c1-12(2)13-6-8-14(9-7-13)15-10-11-16(19-18-15)17(3,4)5/h6-12H,1-5H3/i12T. The number of hydrogen-bond donors (Lipinski definition) is 0. The first-order valence-corrected chi connectivity index (χ1v) is 6.63. The van der Waals surface area contributed by atoms with E-state index in [1.807, 2.05) is 50.2 Å². The molecule has 0 saturated heterocycles. The lowest BCUT2D eigenvalue weighted by Gasteiger charge is -2.16. The monoisotopic (exact) mass is 256 g/mol. The van der Waals surface area contributed by atoms with Gasteiger partial charge in [-0.1, -0.05) is 58.9 Å². The van der Waals surface area contributed by atoms with Gasteiger partial charge < -0.3 is 0 Å². The summed E-state index contributed by atoms with van der Waals surface area (Å²) in [5.74, 6) is -0.569. The molecule has 0 bridgehead atoms. The molecule has 1 aromatic heterocycles. The first-order valence-electron chi connectivity index (χ1n) is 7.13. The number of rotatable bonds is 2. The fourth-order valence-corrected chi connectivity index (χ4v) is 1.86. The summed E-state index contributed by atoms with van der Waals surface area (Å²) in [6, 6.07) is 12.0. The lowest BCUT2D eigenvalue weighted by molar-refractivity contribution is 0.559. The molecule has 2 heteroatoms. The van der Waals surface area contributed by atoms with Gasteiger partial charge in [0.1, 0.15) is 0 Å². The summed E-state index contributed by atoms with van der Waals surface area (Å²) in [7, 11) is 0. The van der Waals surface area contributed by atoms with Crippen LogP contribution in [0.25, 0.3) is 11.3 Å². The quantitative estimate of drug-likeness (QED) is 0.787. The molecule has 0 N–H and O–H groups in total. The van der Waals surface area contributed by atoms with Gasteiger partial charge in [0.05, 0.1) is 11.4 Å². The van der Waals surface area contributed by atoms with Crippen LogP contribution >= 0.6 is 0 Å². The molecule has 0 unspecified atom stereocenters. The van der Waals surface area contributed by atoms with Crippen molar-refractivity contribution in [2.45, 2.75) is 45.9 Å². The Morgan fingerprint density at radius 3 is 2.00 bits per heavy atom. The third kappa shape index (κ3) is 3.19. The molecule has 100 valence electrons. The van der Waals surface area contributed by atoms with Gasteiger partial charge in [-0.15, -0.1) is 0 Å². The van der Waals surface area contributed by atoms with Gasteiger partial charge in [-0.2, -0.15) is 10.2 Å². The zero-order chi connectivity index (χ0) is 15.0. The van der Waals surface area contributed by atoms with E-state index < -0.39 is 5.89 Å². The zero-order valence-electron chi connectivity index (χ0n) is 13.4. The van der Waals surface area contributed by atoms with Crippen molar-refractivity contribution in [2.24, 2.45) is 0 Å². The van der Waals surface area contributed by atoms with Crippen LogP contribution in [0.15, 0.2) is 36.4 Å². The molecule has 2 rings (SSSR count). The van der Waals surface area contributed by atoms with Gasteiger partial charge in [-0.3, -0.25) is 0 Å². The number of hydrogen-bond acceptors (Lipinski definition) is 2. The van der Waals surface area contributed by atoms with Crippen LogP contribution in [0.3, 0.4) is 0 Å². The Morgan fingerprint density at radius 2 is 1.58 bits per heavy atom. The second kappa shape index (κ2) is 5.12. The highest BCUT2D eigenvalue weighted by Gasteiger charge is 2.15. The maximum Gasteiger partial charge on any atom is 0.0929 e. The van der Waals surface area contributed by atoms with E-state index in [0.717, 1.165) is 22.5 Å². The van der Waals surface area contributed by atoms with Gasteiger partial charge >= 0.3 is 0 Å². The largest absolute Gasteiger partial charge is 0.154 e. The predicted octanol–water partition coefficient (Wildman–Crippen LogP) is 4.56. The van der Waals surface area contributed by atoms with E-state index in [4.69, 9.17) is 1.37 Å².